The van der Waals surface area contributed by atoms with Crippen molar-refractivity contribution in [2.45, 2.75) is 118 Å². The Morgan fingerprint density at radius 2 is 0.420 bits per heavy atom. The molecule has 0 aromatic rings. The minimum atomic E-state index is -10.0. The van der Waals surface area contributed by atoms with E-state index in [1.807, 2.05) is 0 Å². The highest BCUT2D eigenvalue weighted by Crippen LogP contribution is 2.67. The summed E-state index contributed by atoms with van der Waals surface area (Å²) < 4.78 is 675. The second kappa shape index (κ2) is 19.7. The van der Waals surface area contributed by atoms with Crippen molar-refractivity contribution in [1.29, 1.82) is 0 Å². The Bertz CT molecular complexity index is 2460. The molecule has 0 N–H and O–H groups in total. The van der Waals surface area contributed by atoms with Gasteiger partial charge in [0.05, 0.1) is 0 Å². The zero-order valence-corrected chi connectivity index (χ0v) is 36.8. The van der Waals surface area contributed by atoms with Crippen molar-refractivity contribution in [2.75, 3.05) is 14.1 Å². The molecule has 7 nitrogen and oxygen atoms in total. The van der Waals surface area contributed by atoms with E-state index in [9.17, 15) is 219 Å². The Hall–Kier alpha value is -4.12. The number of nitrogens with zero attached hydrogens (tertiary/aromatic N) is 2. The predicted molar refractivity (Wildman–Crippen MR) is 154 cm³/mol. The molecular formula is C26H6F46N2O5S2. The molecule has 0 heterocycles. The summed E-state index contributed by atoms with van der Waals surface area (Å²) in [6.45, 7) is 0. The van der Waals surface area contributed by atoms with E-state index in [1.165, 1.54) is 0 Å². The van der Waals surface area contributed by atoms with Crippen molar-refractivity contribution in [3.8, 4) is 0 Å². The van der Waals surface area contributed by atoms with Gasteiger partial charge >= 0.3 is 130 Å². The number of halogens is 46. The van der Waals surface area contributed by atoms with Crippen LogP contribution in [-0.4, -0.2) is 157 Å². The van der Waals surface area contributed by atoms with Crippen LogP contribution in [0.1, 0.15) is 0 Å². The minimum Gasteiger partial charge on any atom is -0.441 e. The van der Waals surface area contributed by atoms with E-state index >= 15 is 0 Å². The van der Waals surface area contributed by atoms with Gasteiger partial charge in [-0.3, -0.25) is 0 Å². The Labute approximate surface area is 408 Å². The summed E-state index contributed by atoms with van der Waals surface area (Å²) in [5, 5.41) is -19.0. The molecule has 0 saturated heterocycles. The van der Waals surface area contributed by atoms with Crippen molar-refractivity contribution in [3.05, 3.63) is 23.7 Å². The number of alkyl halides is 42. The number of hydrogen-bond acceptors (Lipinski definition) is 5. The molecular weight excluding hydrogens is 1360 g/mol. The van der Waals surface area contributed by atoms with Crippen LogP contribution in [0.15, 0.2) is 23.7 Å². The largest absolute Gasteiger partial charge is 0.460 e. The van der Waals surface area contributed by atoms with E-state index in [2.05, 4.69) is 0 Å². The van der Waals surface area contributed by atoms with Crippen LogP contribution in [-0.2, 0) is 24.8 Å². The molecule has 0 radical (unpaired) electrons. The van der Waals surface area contributed by atoms with Crippen LogP contribution in [0.2, 0.25) is 0 Å². The van der Waals surface area contributed by atoms with E-state index < -0.39 is 184 Å². The zero-order valence-electron chi connectivity index (χ0n) is 35.1. The van der Waals surface area contributed by atoms with Gasteiger partial charge in [0, 0.05) is 14.1 Å². The lowest BCUT2D eigenvalue weighted by Gasteiger charge is -2.43. The van der Waals surface area contributed by atoms with Gasteiger partial charge in [0.25, 0.3) is 20.0 Å². The van der Waals surface area contributed by atoms with Crippen LogP contribution >= 0.6 is 0 Å². The van der Waals surface area contributed by atoms with Gasteiger partial charge in [-0.25, -0.2) is 16.8 Å². The normalized spacial score (nSPS) is 16.6. The Kier molecular flexibility index (Phi) is 18.7. The van der Waals surface area contributed by atoms with Gasteiger partial charge in [-0.2, -0.15) is 202 Å². The molecule has 0 amide bonds. The molecule has 0 spiro atoms. The molecule has 0 saturated carbocycles. The summed E-state index contributed by atoms with van der Waals surface area (Å²) in [4.78, 5) is 0. The highest BCUT2D eigenvalue weighted by Gasteiger charge is 2.99. The van der Waals surface area contributed by atoms with Gasteiger partial charge in [-0.1, -0.05) is 0 Å². The highest BCUT2D eigenvalue weighted by atomic mass is 32.2. The van der Waals surface area contributed by atoms with Gasteiger partial charge in [-0.05, 0) is 0 Å². The fourth-order valence-corrected chi connectivity index (χ4v) is 6.91. The summed E-state index contributed by atoms with van der Waals surface area (Å²) in [5.41, 5.74) is 0. The van der Waals surface area contributed by atoms with E-state index in [4.69, 9.17) is 0 Å². The minimum absolute atomic E-state index is 1.80. The molecule has 81 heavy (non-hydrogen) atoms. The fourth-order valence-electron chi connectivity index (χ4n) is 4.48. The second-order valence-corrected chi connectivity index (χ2v) is 18.4. The lowest BCUT2D eigenvalue weighted by molar-refractivity contribution is -0.458. The van der Waals surface area contributed by atoms with Gasteiger partial charge in [0.15, 0.2) is 0 Å². The smallest absolute Gasteiger partial charge is 0.441 e. The first kappa shape index (κ1) is 76.9. The first-order chi connectivity index (χ1) is 34.2. The van der Waals surface area contributed by atoms with Crippen molar-refractivity contribution in [1.82, 2.24) is 8.61 Å². The average molecular weight is 1360 g/mol. The summed E-state index contributed by atoms with van der Waals surface area (Å²) in [6.07, 6.45) is -28.3. The summed E-state index contributed by atoms with van der Waals surface area (Å²) in [7, 11) is -24.6. The maximum absolute atomic E-state index is 14.9. The number of rotatable bonds is 24. The first-order valence-corrected chi connectivity index (χ1v) is 19.8. The van der Waals surface area contributed by atoms with Crippen molar-refractivity contribution in [2.24, 2.45) is 0 Å². The van der Waals surface area contributed by atoms with E-state index in [0.29, 0.717) is 0 Å². The van der Waals surface area contributed by atoms with Gasteiger partial charge < -0.3 is 4.74 Å². The predicted octanol–water partition coefficient (Wildman–Crippen LogP) is 14.1. The summed E-state index contributed by atoms with van der Waals surface area (Å²) >= 11 is 0. The topological polar surface area (TPSA) is 84.0 Å². The SMILES string of the molecule is CN(C(F)(F)C(F)(F)C(OC(=C(F)F)C(F)(F)C(F)(F)N(C)S(=O)(=O)C(F)(F)C(F)(F)C(F)(F)C(F)(F)C(F)(F)C(F)(F)C(F)(F)C(F)(F)F)=C(F)F)S(=O)(=O)C(F)(F)C(F)(F)C(F)(F)C(F)(F)C(F)(F)C(F)(F)C(F)(F)C(F)(F)F. The van der Waals surface area contributed by atoms with Crippen LogP contribution in [0.4, 0.5) is 202 Å². The van der Waals surface area contributed by atoms with Gasteiger partial charge in [-0.15, -0.1) is 8.61 Å². The number of ether oxygens (including phenoxy) is 1. The van der Waals surface area contributed by atoms with Crippen molar-refractivity contribution in [3.63, 3.8) is 0 Å². The lowest BCUT2D eigenvalue weighted by atomic mass is 9.91. The Balaban J connectivity index is 8.03. The van der Waals surface area contributed by atoms with Crippen LogP contribution in [0, 0.1) is 0 Å². The maximum atomic E-state index is 14.9. The molecule has 0 atom stereocenters. The third-order valence-corrected chi connectivity index (χ3v) is 13.1. The standard InChI is InChI=1S/C26H6F46N2O5S2/c1-73(80(75,76)25(69,70)19(55,56)15(47,48)11(39,40)9(35,36)13(43,44)17(51,52)21(59,60)61)23(65,66)7(31,32)3(5(27)28)79-4(6(29)30)8(33,34)24(67,68)74(2)81(77,78)26(71,72)20(57,58)16(49,50)12(41,42)10(37,38)14(45,46)18(53,54)22(62,63)64/h1-2H3. The molecule has 484 valence electrons. The van der Waals surface area contributed by atoms with E-state index in [-0.39, 0.29) is 0 Å². The molecule has 0 aliphatic heterocycles. The molecule has 0 aliphatic rings. The van der Waals surface area contributed by atoms with Crippen LogP contribution < -0.4 is 0 Å². The van der Waals surface area contributed by atoms with E-state index in [0.717, 1.165) is 0 Å². The Morgan fingerprint density at radius 1 is 0.272 bits per heavy atom. The quantitative estimate of drug-likeness (QED) is 0.0546. The number of sulfonamides is 2. The zero-order chi connectivity index (χ0) is 67.2. The van der Waals surface area contributed by atoms with Crippen LogP contribution in [0.25, 0.3) is 0 Å². The molecule has 0 rings (SSSR count). The molecule has 0 aromatic carbocycles. The second-order valence-electron chi connectivity index (χ2n) is 14.4. The van der Waals surface area contributed by atoms with Crippen LogP contribution in [0.3, 0.4) is 0 Å². The third kappa shape index (κ3) is 9.77. The van der Waals surface area contributed by atoms with Gasteiger partial charge in [0.2, 0.25) is 11.5 Å². The van der Waals surface area contributed by atoms with E-state index in [1.54, 1.807) is 4.74 Å². The first-order valence-electron chi connectivity index (χ1n) is 16.9. The summed E-state index contributed by atoms with van der Waals surface area (Å²) in [6, 6.07) is -17.6. The highest BCUT2D eigenvalue weighted by molar-refractivity contribution is 7.90. The Morgan fingerprint density at radius 3 is 0.568 bits per heavy atom. The van der Waals surface area contributed by atoms with Gasteiger partial charge in [0.1, 0.15) is 0 Å². The van der Waals surface area contributed by atoms with Crippen molar-refractivity contribution < 1.29 is 224 Å². The molecule has 0 aromatic heterocycles. The molecule has 0 unspecified atom stereocenters. The average Bonchev–Trinajstić information content (AvgIpc) is 3.23. The molecule has 0 fully saturated rings. The summed E-state index contributed by atoms with van der Waals surface area (Å²) in [5.74, 6) is -145. The fraction of sp³-hybridized carbons (Fsp3) is 0.846. The molecule has 55 heteroatoms. The monoisotopic (exact) mass is 1360 g/mol. The van der Waals surface area contributed by atoms with Crippen LogP contribution in [0.5, 0.6) is 0 Å². The lowest BCUT2D eigenvalue weighted by Crippen LogP contribution is -2.75. The number of hydrogen-bond donors (Lipinski definition) is 0. The molecule has 0 bridgehead atoms. The third-order valence-electron chi connectivity index (χ3n) is 9.42. The molecule has 0 aliphatic carbocycles. The maximum Gasteiger partial charge on any atom is 0.460 e. The van der Waals surface area contributed by atoms with Crippen molar-refractivity contribution >= 4 is 20.0 Å².